The number of carbonyl (C=O) groups is 2. The molecule has 0 spiro atoms. The van der Waals surface area contributed by atoms with Crippen molar-refractivity contribution >= 4 is 34.5 Å². The summed E-state index contributed by atoms with van der Waals surface area (Å²) >= 11 is 2.14. The molecule has 0 N–H and O–H groups in total. The molecule has 0 bridgehead atoms. The van der Waals surface area contributed by atoms with Gasteiger partial charge in [0.2, 0.25) is 5.76 Å². The highest BCUT2D eigenvalue weighted by atomic mass is 127. The first kappa shape index (κ1) is 14.5. The summed E-state index contributed by atoms with van der Waals surface area (Å²) in [5.74, 6) is -1.25. The number of rotatable bonds is 4. The van der Waals surface area contributed by atoms with Gasteiger partial charge in [-0.2, -0.15) is 0 Å². The lowest BCUT2D eigenvalue weighted by Gasteiger charge is -2.07. The molecule has 1 aromatic rings. The van der Waals surface area contributed by atoms with E-state index in [2.05, 4.69) is 32.1 Å². The van der Waals surface area contributed by atoms with E-state index in [1.807, 2.05) is 12.1 Å². The maximum atomic E-state index is 11.4. The SMILES string of the molecule is COC(=O)C=C(Oc1ccc(I)cc1)C(=O)OC. The van der Waals surface area contributed by atoms with Crippen molar-refractivity contribution in [3.63, 3.8) is 0 Å². The molecule has 0 aromatic heterocycles. The minimum atomic E-state index is -0.751. The van der Waals surface area contributed by atoms with Crippen molar-refractivity contribution in [1.29, 1.82) is 0 Å². The van der Waals surface area contributed by atoms with Crippen LogP contribution in [0.2, 0.25) is 0 Å². The molecule has 1 rings (SSSR count). The summed E-state index contributed by atoms with van der Waals surface area (Å²) in [6.07, 6.45) is 0.934. The Morgan fingerprint density at radius 2 is 1.72 bits per heavy atom. The molecule has 6 heteroatoms. The van der Waals surface area contributed by atoms with Crippen molar-refractivity contribution in [3.05, 3.63) is 39.7 Å². The summed E-state index contributed by atoms with van der Waals surface area (Å²) in [5.41, 5.74) is 0. The van der Waals surface area contributed by atoms with Crippen LogP contribution in [-0.4, -0.2) is 26.2 Å². The van der Waals surface area contributed by atoms with E-state index in [-0.39, 0.29) is 5.76 Å². The Morgan fingerprint density at radius 3 is 2.22 bits per heavy atom. The standard InChI is InChI=1S/C12H11IO5/c1-16-11(14)7-10(12(15)17-2)18-9-5-3-8(13)4-6-9/h3-7H,1-2H3. The Balaban J connectivity index is 2.91. The average Bonchev–Trinajstić information content (AvgIpc) is 2.39. The van der Waals surface area contributed by atoms with Crippen LogP contribution in [0.5, 0.6) is 5.75 Å². The highest BCUT2D eigenvalue weighted by Gasteiger charge is 2.15. The Labute approximate surface area is 118 Å². The molecule has 18 heavy (non-hydrogen) atoms. The van der Waals surface area contributed by atoms with E-state index in [9.17, 15) is 9.59 Å². The van der Waals surface area contributed by atoms with Crippen molar-refractivity contribution in [2.24, 2.45) is 0 Å². The third kappa shape index (κ3) is 4.36. The largest absolute Gasteiger partial charge is 0.466 e. The molecule has 0 saturated carbocycles. The number of ether oxygens (including phenoxy) is 3. The molecule has 1 aromatic carbocycles. The molecule has 96 valence electrons. The Morgan fingerprint density at radius 1 is 1.11 bits per heavy atom. The summed E-state index contributed by atoms with van der Waals surface area (Å²) in [6.45, 7) is 0. The molecule has 0 fully saturated rings. The van der Waals surface area contributed by atoms with E-state index in [0.717, 1.165) is 9.65 Å². The highest BCUT2D eigenvalue weighted by molar-refractivity contribution is 14.1. The molecule has 0 unspecified atom stereocenters. The molecule has 0 atom stereocenters. The Hall–Kier alpha value is -1.57. The zero-order chi connectivity index (χ0) is 13.5. The van der Waals surface area contributed by atoms with E-state index in [1.165, 1.54) is 14.2 Å². The third-order valence-corrected chi connectivity index (χ3v) is 2.60. The molecule has 0 aliphatic heterocycles. The van der Waals surface area contributed by atoms with Crippen LogP contribution in [0.3, 0.4) is 0 Å². The molecule has 5 nitrogen and oxygen atoms in total. The van der Waals surface area contributed by atoms with E-state index in [4.69, 9.17) is 4.74 Å². The van der Waals surface area contributed by atoms with E-state index < -0.39 is 11.9 Å². The lowest BCUT2D eigenvalue weighted by atomic mass is 10.3. The van der Waals surface area contributed by atoms with Crippen LogP contribution in [0.15, 0.2) is 36.1 Å². The Bertz CT molecular complexity index is 464. The number of hydrogen-bond donors (Lipinski definition) is 0. The predicted molar refractivity (Wildman–Crippen MR) is 71.9 cm³/mol. The Kier molecular flexibility index (Phi) is 5.63. The summed E-state index contributed by atoms with van der Waals surface area (Å²) in [7, 11) is 2.41. The lowest BCUT2D eigenvalue weighted by Crippen LogP contribution is -2.13. The first-order valence-electron chi connectivity index (χ1n) is 4.88. The molecular weight excluding hydrogens is 351 g/mol. The monoisotopic (exact) mass is 362 g/mol. The molecular formula is C12H11IO5. The second-order valence-electron chi connectivity index (χ2n) is 3.08. The van der Waals surface area contributed by atoms with E-state index in [1.54, 1.807) is 12.1 Å². The quantitative estimate of drug-likeness (QED) is 0.354. The van der Waals surface area contributed by atoms with E-state index in [0.29, 0.717) is 5.75 Å². The molecule has 0 aliphatic carbocycles. The highest BCUT2D eigenvalue weighted by Crippen LogP contribution is 2.16. The number of benzene rings is 1. The summed E-state index contributed by atoms with van der Waals surface area (Å²) < 4.78 is 15.2. The van der Waals surface area contributed by atoms with Gasteiger partial charge in [0.15, 0.2) is 0 Å². The van der Waals surface area contributed by atoms with Gasteiger partial charge >= 0.3 is 11.9 Å². The van der Waals surface area contributed by atoms with Gasteiger partial charge in [-0.05, 0) is 46.9 Å². The first-order valence-corrected chi connectivity index (χ1v) is 5.96. The normalized spacial score (nSPS) is 10.7. The summed E-state index contributed by atoms with van der Waals surface area (Å²) in [6, 6.07) is 6.97. The van der Waals surface area contributed by atoms with Crippen molar-refractivity contribution in [2.75, 3.05) is 14.2 Å². The zero-order valence-corrected chi connectivity index (χ0v) is 12.0. The fourth-order valence-electron chi connectivity index (χ4n) is 1.03. The van der Waals surface area contributed by atoms with Gasteiger partial charge in [-0.15, -0.1) is 0 Å². The molecule has 0 saturated heterocycles. The minimum absolute atomic E-state index is 0.231. The first-order chi connectivity index (χ1) is 8.56. The molecule has 0 amide bonds. The van der Waals surface area contributed by atoms with Crippen molar-refractivity contribution in [3.8, 4) is 5.75 Å². The van der Waals surface area contributed by atoms with Crippen molar-refractivity contribution < 1.29 is 23.8 Å². The maximum absolute atomic E-state index is 11.4. The van der Waals surface area contributed by atoms with Gasteiger partial charge in [0, 0.05) is 3.57 Å². The smallest absolute Gasteiger partial charge is 0.374 e. The average molecular weight is 362 g/mol. The van der Waals surface area contributed by atoms with Crippen LogP contribution in [-0.2, 0) is 19.1 Å². The van der Waals surface area contributed by atoms with Crippen molar-refractivity contribution in [2.45, 2.75) is 0 Å². The lowest BCUT2D eigenvalue weighted by molar-refractivity contribution is -0.140. The maximum Gasteiger partial charge on any atom is 0.374 e. The zero-order valence-electron chi connectivity index (χ0n) is 9.81. The van der Waals surface area contributed by atoms with Gasteiger partial charge in [0.05, 0.1) is 20.3 Å². The van der Waals surface area contributed by atoms with Gasteiger partial charge in [0.1, 0.15) is 5.75 Å². The number of carbonyl (C=O) groups excluding carboxylic acids is 2. The topological polar surface area (TPSA) is 61.8 Å². The minimum Gasteiger partial charge on any atom is -0.466 e. The van der Waals surface area contributed by atoms with Crippen LogP contribution in [0.25, 0.3) is 0 Å². The fraction of sp³-hybridized carbons (Fsp3) is 0.167. The summed E-state index contributed by atoms with van der Waals surface area (Å²) in [4.78, 5) is 22.5. The van der Waals surface area contributed by atoms with Gasteiger partial charge in [0.25, 0.3) is 0 Å². The number of halogens is 1. The van der Waals surface area contributed by atoms with Gasteiger partial charge < -0.3 is 14.2 Å². The molecule has 0 radical (unpaired) electrons. The molecule has 0 heterocycles. The second kappa shape index (κ2) is 7.00. The number of methoxy groups -OCH3 is 2. The van der Waals surface area contributed by atoms with Gasteiger partial charge in [-0.25, -0.2) is 9.59 Å². The second-order valence-corrected chi connectivity index (χ2v) is 4.32. The summed E-state index contributed by atoms with van der Waals surface area (Å²) in [5, 5.41) is 0. The molecule has 0 aliphatic rings. The van der Waals surface area contributed by atoms with Crippen molar-refractivity contribution in [1.82, 2.24) is 0 Å². The van der Waals surface area contributed by atoms with Crippen LogP contribution >= 0.6 is 22.6 Å². The van der Waals surface area contributed by atoms with Crippen LogP contribution < -0.4 is 4.74 Å². The number of hydrogen-bond acceptors (Lipinski definition) is 5. The predicted octanol–water partition coefficient (Wildman–Crippen LogP) is 1.90. The fourth-order valence-corrected chi connectivity index (χ4v) is 1.39. The van der Waals surface area contributed by atoms with E-state index >= 15 is 0 Å². The van der Waals surface area contributed by atoms with Crippen LogP contribution in [0.1, 0.15) is 0 Å². The number of esters is 2. The third-order valence-electron chi connectivity index (χ3n) is 1.88. The van der Waals surface area contributed by atoms with Crippen LogP contribution in [0, 0.1) is 3.57 Å². The van der Waals surface area contributed by atoms with Crippen LogP contribution in [0.4, 0.5) is 0 Å². The van der Waals surface area contributed by atoms with Gasteiger partial charge in [-0.1, -0.05) is 0 Å². The van der Waals surface area contributed by atoms with Gasteiger partial charge in [-0.3, -0.25) is 0 Å².